The Balaban J connectivity index is 4.64. The summed E-state index contributed by atoms with van der Waals surface area (Å²) in [5.41, 5.74) is 0. The lowest BCUT2D eigenvalue weighted by Crippen LogP contribution is -2.30. The van der Waals surface area contributed by atoms with Gasteiger partial charge >= 0.3 is 17.9 Å². The van der Waals surface area contributed by atoms with E-state index >= 15 is 0 Å². The molecule has 1 atom stereocenters. The first kappa shape index (κ1) is 58.0. The molecule has 0 heterocycles. The van der Waals surface area contributed by atoms with Crippen LogP contribution >= 0.6 is 0 Å². The molecule has 0 radical (unpaired) electrons. The lowest BCUT2D eigenvalue weighted by Gasteiger charge is -2.18. The van der Waals surface area contributed by atoms with Crippen LogP contribution in [0.3, 0.4) is 0 Å². The molecule has 0 rings (SSSR count). The molecule has 1 unspecified atom stereocenters. The summed E-state index contributed by atoms with van der Waals surface area (Å²) < 4.78 is 16.6. The number of esters is 3. The van der Waals surface area contributed by atoms with E-state index in [2.05, 4.69) is 124 Å². The summed E-state index contributed by atoms with van der Waals surface area (Å²) in [5.74, 6) is -1.10. The van der Waals surface area contributed by atoms with Gasteiger partial charge in [0, 0.05) is 19.3 Å². The highest BCUT2D eigenvalue weighted by molar-refractivity contribution is 5.71. The molecule has 0 aliphatic carbocycles. The molecule has 6 heteroatoms. The van der Waals surface area contributed by atoms with E-state index in [1.54, 1.807) is 0 Å². The molecule has 0 aromatic heterocycles. The van der Waals surface area contributed by atoms with E-state index < -0.39 is 6.10 Å². The summed E-state index contributed by atoms with van der Waals surface area (Å²) in [6, 6.07) is 0. The Labute approximate surface area is 384 Å². The predicted octanol–water partition coefficient (Wildman–Crippen LogP) is 15.9. The van der Waals surface area contributed by atoms with Crippen LogP contribution in [0.15, 0.2) is 158 Å². The van der Waals surface area contributed by atoms with Gasteiger partial charge in [0.25, 0.3) is 0 Å². The van der Waals surface area contributed by atoms with Crippen molar-refractivity contribution in [3.8, 4) is 0 Å². The zero-order valence-electron chi connectivity index (χ0n) is 39.5. The second kappa shape index (κ2) is 49.7. The third-order valence-corrected chi connectivity index (χ3v) is 9.20. The number of ether oxygens (including phenoxy) is 3. The molecule has 0 aromatic rings. The van der Waals surface area contributed by atoms with Crippen molar-refractivity contribution in [2.75, 3.05) is 13.2 Å². The highest BCUT2D eigenvalue weighted by Gasteiger charge is 2.19. The van der Waals surface area contributed by atoms with Crippen molar-refractivity contribution in [3.05, 3.63) is 158 Å². The highest BCUT2D eigenvalue weighted by Crippen LogP contribution is 2.12. The Morgan fingerprint density at radius 3 is 1.13 bits per heavy atom. The molecule has 0 saturated heterocycles. The van der Waals surface area contributed by atoms with E-state index in [0.29, 0.717) is 12.8 Å². The van der Waals surface area contributed by atoms with Crippen molar-refractivity contribution in [1.82, 2.24) is 0 Å². The summed E-state index contributed by atoms with van der Waals surface area (Å²) in [6.07, 6.45) is 72.4. The predicted molar refractivity (Wildman–Crippen MR) is 269 cm³/mol. The van der Waals surface area contributed by atoms with Gasteiger partial charge in [-0.15, -0.1) is 0 Å². The first-order chi connectivity index (χ1) is 31.0. The average molecular weight is 865 g/mol. The lowest BCUT2D eigenvalue weighted by atomic mass is 10.1. The van der Waals surface area contributed by atoms with E-state index in [1.807, 2.05) is 54.7 Å². The molecular formula is C57H84O6. The fraction of sp³-hybridized carbons (Fsp3) is 0.491. The van der Waals surface area contributed by atoms with Crippen molar-refractivity contribution in [3.63, 3.8) is 0 Å². The molecule has 0 aliphatic rings. The van der Waals surface area contributed by atoms with Crippen LogP contribution in [0.2, 0.25) is 0 Å². The normalized spacial score (nSPS) is 13.5. The van der Waals surface area contributed by atoms with Crippen LogP contribution in [-0.2, 0) is 28.6 Å². The van der Waals surface area contributed by atoms with Crippen LogP contribution in [0.1, 0.15) is 162 Å². The zero-order chi connectivity index (χ0) is 45.8. The molecule has 0 fully saturated rings. The van der Waals surface area contributed by atoms with Crippen molar-refractivity contribution in [1.29, 1.82) is 0 Å². The molecule has 0 spiro atoms. The number of rotatable bonds is 40. The third kappa shape index (κ3) is 47.9. The maximum atomic E-state index is 12.8. The van der Waals surface area contributed by atoms with Gasteiger partial charge in [0.15, 0.2) is 6.10 Å². The molecule has 0 amide bonds. The van der Waals surface area contributed by atoms with Gasteiger partial charge in [-0.25, -0.2) is 0 Å². The second-order valence-electron chi connectivity index (χ2n) is 15.1. The first-order valence-electron chi connectivity index (χ1n) is 24.1. The van der Waals surface area contributed by atoms with Crippen molar-refractivity contribution >= 4 is 17.9 Å². The Morgan fingerprint density at radius 1 is 0.333 bits per heavy atom. The highest BCUT2D eigenvalue weighted by atomic mass is 16.6. The lowest BCUT2D eigenvalue weighted by molar-refractivity contribution is -0.167. The van der Waals surface area contributed by atoms with Gasteiger partial charge in [0.05, 0.1) is 0 Å². The van der Waals surface area contributed by atoms with Crippen LogP contribution < -0.4 is 0 Å². The van der Waals surface area contributed by atoms with E-state index in [-0.39, 0.29) is 50.4 Å². The largest absolute Gasteiger partial charge is 0.462 e. The van der Waals surface area contributed by atoms with Gasteiger partial charge in [0.1, 0.15) is 13.2 Å². The fourth-order valence-corrected chi connectivity index (χ4v) is 5.68. The second-order valence-corrected chi connectivity index (χ2v) is 15.1. The number of unbranched alkanes of at least 4 members (excludes halogenated alkanes) is 9. The van der Waals surface area contributed by atoms with Crippen molar-refractivity contribution in [2.24, 2.45) is 0 Å². The van der Waals surface area contributed by atoms with Gasteiger partial charge in [-0.05, 0) is 89.9 Å². The fourth-order valence-electron chi connectivity index (χ4n) is 5.68. The SMILES string of the molecule is CC/C=C/C=C/C=C/C=C/C=C/CCCC(=O)OCC(COC(=O)CCC/C=C/C/C=C/C/C=C/C/C=C/C/C=C/CC)OC(=O)CCCCCCCCC/C=C/C=C/C=C/CC. The van der Waals surface area contributed by atoms with Crippen LogP contribution in [0.5, 0.6) is 0 Å². The third-order valence-electron chi connectivity index (χ3n) is 9.20. The van der Waals surface area contributed by atoms with Crippen LogP contribution in [0.4, 0.5) is 0 Å². The quantitative estimate of drug-likeness (QED) is 0.0201. The molecule has 348 valence electrons. The standard InChI is InChI=1S/C57H84O6/c1-4-7-10-13-16-19-22-25-27-28-30-32-35-38-41-44-47-50-56(59)62-53-54(52-61-55(58)49-46-43-40-37-34-31-24-21-18-15-12-9-6-3)63-57(60)51-48-45-42-39-36-33-29-26-23-20-17-14-11-8-5-2/h7-12,14-21,23-25,27,30-32,34,37-38,40-41,54H,4-6,13,22,26,28-29,33,35-36,39,42-53H2,1-3H3/b10-7+,11-8+,12-9+,17-14+,18-15+,19-16+,23-20+,24-21+,27-25+,32-30+,34-31+,40-37+,41-38+. The Kier molecular flexibility index (Phi) is 45.8. The Morgan fingerprint density at radius 2 is 0.667 bits per heavy atom. The number of hydrogen-bond donors (Lipinski definition) is 0. The zero-order valence-corrected chi connectivity index (χ0v) is 39.5. The van der Waals surface area contributed by atoms with Crippen LogP contribution in [-0.4, -0.2) is 37.2 Å². The number of hydrogen-bond acceptors (Lipinski definition) is 6. The topological polar surface area (TPSA) is 78.9 Å². The van der Waals surface area contributed by atoms with E-state index in [0.717, 1.165) is 89.9 Å². The summed E-state index contributed by atoms with van der Waals surface area (Å²) in [7, 11) is 0. The molecule has 0 N–H and O–H groups in total. The molecule has 6 nitrogen and oxygen atoms in total. The van der Waals surface area contributed by atoms with Gasteiger partial charge in [-0.2, -0.15) is 0 Å². The minimum Gasteiger partial charge on any atom is -0.462 e. The number of carbonyl (C=O) groups excluding carboxylic acids is 3. The van der Waals surface area contributed by atoms with Gasteiger partial charge in [-0.3, -0.25) is 14.4 Å². The van der Waals surface area contributed by atoms with E-state index in [9.17, 15) is 14.4 Å². The number of carbonyl (C=O) groups is 3. The molecule has 0 saturated carbocycles. The van der Waals surface area contributed by atoms with Crippen LogP contribution in [0.25, 0.3) is 0 Å². The van der Waals surface area contributed by atoms with Gasteiger partial charge < -0.3 is 14.2 Å². The minimum atomic E-state index is -0.843. The summed E-state index contributed by atoms with van der Waals surface area (Å²) in [5, 5.41) is 0. The number of allylic oxidation sites excluding steroid dienone is 26. The molecule has 0 aromatic carbocycles. The van der Waals surface area contributed by atoms with Gasteiger partial charge in [0.2, 0.25) is 0 Å². The molecule has 63 heavy (non-hydrogen) atoms. The smallest absolute Gasteiger partial charge is 0.306 e. The van der Waals surface area contributed by atoms with Crippen molar-refractivity contribution < 1.29 is 28.6 Å². The summed E-state index contributed by atoms with van der Waals surface area (Å²) in [6.45, 7) is 6.08. The maximum absolute atomic E-state index is 12.8. The minimum absolute atomic E-state index is 0.143. The summed E-state index contributed by atoms with van der Waals surface area (Å²) >= 11 is 0. The van der Waals surface area contributed by atoms with E-state index in [4.69, 9.17) is 14.2 Å². The molecule has 0 aliphatic heterocycles. The Bertz CT molecular complexity index is 1510. The monoisotopic (exact) mass is 865 g/mol. The van der Waals surface area contributed by atoms with E-state index in [1.165, 1.54) is 19.3 Å². The maximum Gasteiger partial charge on any atom is 0.306 e. The average Bonchev–Trinajstić information content (AvgIpc) is 3.28. The van der Waals surface area contributed by atoms with Gasteiger partial charge in [-0.1, -0.05) is 211 Å². The molecular weight excluding hydrogens is 781 g/mol. The Hall–Kier alpha value is -4.97. The summed E-state index contributed by atoms with van der Waals surface area (Å²) in [4.78, 5) is 37.9. The molecule has 0 bridgehead atoms. The van der Waals surface area contributed by atoms with Crippen LogP contribution in [0, 0.1) is 0 Å². The van der Waals surface area contributed by atoms with Crippen molar-refractivity contribution in [2.45, 2.75) is 168 Å². The first-order valence-corrected chi connectivity index (χ1v) is 24.1.